The van der Waals surface area contributed by atoms with E-state index in [2.05, 4.69) is 21.2 Å². The highest BCUT2D eigenvalue weighted by atomic mass is 79.9. The maximum absolute atomic E-state index is 12.1. The monoisotopic (exact) mass is 340 g/mol. The molecule has 1 amide bonds. The lowest BCUT2D eigenvalue weighted by Gasteiger charge is -2.18. The van der Waals surface area contributed by atoms with Crippen molar-refractivity contribution in [3.05, 3.63) is 34.3 Å². The fourth-order valence-electron chi connectivity index (χ4n) is 2.09. The molecule has 3 N–H and O–H groups in total. The van der Waals surface area contributed by atoms with Gasteiger partial charge in [-0.25, -0.2) is 0 Å². The van der Waals surface area contributed by atoms with Crippen LogP contribution in [0, 0.1) is 5.92 Å². The molecule has 0 aliphatic rings. The van der Waals surface area contributed by atoms with Crippen molar-refractivity contribution >= 4 is 21.8 Å². The van der Waals surface area contributed by atoms with Gasteiger partial charge in [-0.2, -0.15) is 0 Å². The molecule has 4 heteroatoms. The quantitative estimate of drug-likeness (QED) is 0.793. The van der Waals surface area contributed by atoms with Crippen LogP contribution in [0.15, 0.2) is 28.7 Å². The van der Waals surface area contributed by atoms with Gasteiger partial charge in [0.1, 0.15) is 0 Å². The number of carbonyl (C=O) groups is 1. The van der Waals surface area contributed by atoms with Crippen LogP contribution in [0.2, 0.25) is 0 Å². The summed E-state index contributed by atoms with van der Waals surface area (Å²) in [6, 6.07) is 8.26. The minimum absolute atomic E-state index is 0.0240. The van der Waals surface area contributed by atoms with Crippen LogP contribution in [0.5, 0.6) is 0 Å². The van der Waals surface area contributed by atoms with E-state index in [0.717, 1.165) is 29.3 Å². The lowest BCUT2D eigenvalue weighted by atomic mass is 10.0. The minimum atomic E-state index is 0.0240. The van der Waals surface area contributed by atoms with Crippen LogP contribution in [-0.4, -0.2) is 11.9 Å². The van der Waals surface area contributed by atoms with Crippen molar-refractivity contribution in [2.45, 2.75) is 52.1 Å². The predicted molar refractivity (Wildman–Crippen MR) is 87.4 cm³/mol. The first-order valence-corrected chi connectivity index (χ1v) is 8.01. The van der Waals surface area contributed by atoms with E-state index >= 15 is 0 Å². The van der Waals surface area contributed by atoms with Crippen LogP contribution in [-0.2, 0) is 4.79 Å². The molecule has 0 saturated carbocycles. The average Bonchev–Trinajstić information content (AvgIpc) is 2.38. The standard InChI is InChI=1S/C16H25BrN2O/c1-11(6-4-7-12(2)18)16(20)19-13(3)14-8-5-9-15(17)10-14/h5,8-13H,4,6-7,18H2,1-3H3,(H,19,20)/t11?,12?,13-/m0/s1. The second kappa shape index (κ2) is 8.42. The molecular weight excluding hydrogens is 316 g/mol. The number of nitrogens with two attached hydrogens (primary N) is 1. The van der Waals surface area contributed by atoms with Gasteiger partial charge in [0, 0.05) is 16.4 Å². The summed E-state index contributed by atoms with van der Waals surface area (Å²) in [4.78, 5) is 12.1. The topological polar surface area (TPSA) is 55.1 Å². The van der Waals surface area contributed by atoms with Crippen LogP contribution >= 0.6 is 15.9 Å². The first-order valence-electron chi connectivity index (χ1n) is 7.21. The SMILES string of the molecule is CC(N)CCCC(C)C(=O)N[C@@H](C)c1cccc(Br)c1. The summed E-state index contributed by atoms with van der Waals surface area (Å²) in [7, 11) is 0. The van der Waals surface area contributed by atoms with Crippen molar-refractivity contribution in [2.75, 3.05) is 0 Å². The number of halogens is 1. The fourth-order valence-corrected chi connectivity index (χ4v) is 2.51. The molecule has 0 aromatic heterocycles. The smallest absolute Gasteiger partial charge is 0.223 e. The minimum Gasteiger partial charge on any atom is -0.349 e. The van der Waals surface area contributed by atoms with Crippen molar-refractivity contribution in [3.8, 4) is 0 Å². The molecule has 0 aliphatic heterocycles. The van der Waals surface area contributed by atoms with Gasteiger partial charge in [0.25, 0.3) is 0 Å². The number of rotatable bonds is 7. The molecule has 1 aromatic carbocycles. The molecule has 0 fully saturated rings. The summed E-state index contributed by atoms with van der Waals surface area (Å²) in [5.74, 6) is 0.144. The third-order valence-electron chi connectivity index (χ3n) is 3.45. The van der Waals surface area contributed by atoms with Gasteiger partial charge in [0.15, 0.2) is 0 Å². The molecule has 0 spiro atoms. The molecule has 1 aromatic rings. The summed E-state index contributed by atoms with van der Waals surface area (Å²) in [6.07, 6.45) is 2.86. The van der Waals surface area contributed by atoms with Crippen molar-refractivity contribution in [1.82, 2.24) is 5.32 Å². The molecule has 3 nitrogen and oxygen atoms in total. The Labute approximate surface area is 130 Å². The first-order chi connectivity index (χ1) is 9.40. The zero-order valence-corrected chi connectivity index (χ0v) is 14.1. The summed E-state index contributed by atoms with van der Waals surface area (Å²) < 4.78 is 1.03. The van der Waals surface area contributed by atoms with Gasteiger partial charge in [-0.05, 0) is 44.4 Å². The fraction of sp³-hybridized carbons (Fsp3) is 0.562. The summed E-state index contributed by atoms with van der Waals surface area (Å²) in [6.45, 7) is 5.98. The number of nitrogens with one attached hydrogen (secondary N) is 1. The van der Waals surface area contributed by atoms with E-state index in [9.17, 15) is 4.79 Å². The second-order valence-electron chi connectivity index (χ2n) is 5.59. The van der Waals surface area contributed by atoms with Crippen molar-refractivity contribution in [1.29, 1.82) is 0 Å². The van der Waals surface area contributed by atoms with E-state index in [1.165, 1.54) is 0 Å². The summed E-state index contributed by atoms with van der Waals surface area (Å²) >= 11 is 3.45. The third-order valence-corrected chi connectivity index (χ3v) is 3.94. The van der Waals surface area contributed by atoms with Crippen LogP contribution in [0.25, 0.3) is 0 Å². The Morgan fingerprint density at radius 2 is 2.00 bits per heavy atom. The van der Waals surface area contributed by atoms with E-state index in [4.69, 9.17) is 5.73 Å². The van der Waals surface area contributed by atoms with Crippen LogP contribution in [0.3, 0.4) is 0 Å². The van der Waals surface area contributed by atoms with Gasteiger partial charge in [0.05, 0.1) is 6.04 Å². The van der Waals surface area contributed by atoms with E-state index < -0.39 is 0 Å². The van der Waals surface area contributed by atoms with Gasteiger partial charge in [0.2, 0.25) is 5.91 Å². The highest BCUT2D eigenvalue weighted by Gasteiger charge is 2.16. The van der Waals surface area contributed by atoms with Crippen molar-refractivity contribution in [3.63, 3.8) is 0 Å². The molecule has 0 aliphatic carbocycles. The highest BCUT2D eigenvalue weighted by molar-refractivity contribution is 9.10. The molecule has 0 radical (unpaired) electrons. The maximum Gasteiger partial charge on any atom is 0.223 e. The molecule has 3 atom stereocenters. The normalized spacial score (nSPS) is 15.4. The molecule has 0 heterocycles. The molecule has 20 heavy (non-hydrogen) atoms. The van der Waals surface area contributed by atoms with E-state index in [1.54, 1.807) is 0 Å². The molecule has 2 unspecified atom stereocenters. The Bertz CT molecular complexity index is 434. The Balaban J connectivity index is 2.44. The van der Waals surface area contributed by atoms with Gasteiger partial charge < -0.3 is 11.1 Å². The molecular formula is C16H25BrN2O. The summed E-state index contributed by atoms with van der Waals surface area (Å²) in [5, 5.41) is 3.07. The zero-order valence-electron chi connectivity index (χ0n) is 12.5. The van der Waals surface area contributed by atoms with Gasteiger partial charge >= 0.3 is 0 Å². The Hall–Kier alpha value is -0.870. The lowest BCUT2D eigenvalue weighted by molar-refractivity contribution is -0.125. The Morgan fingerprint density at radius 3 is 2.60 bits per heavy atom. The molecule has 1 rings (SSSR count). The van der Waals surface area contributed by atoms with Crippen LogP contribution in [0.4, 0.5) is 0 Å². The highest BCUT2D eigenvalue weighted by Crippen LogP contribution is 2.19. The number of carbonyl (C=O) groups excluding carboxylic acids is 1. The first kappa shape index (κ1) is 17.2. The van der Waals surface area contributed by atoms with E-state index in [0.29, 0.717) is 0 Å². The largest absolute Gasteiger partial charge is 0.349 e. The predicted octanol–water partition coefficient (Wildman–Crippen LogP) is 3.78. The van der Waals surface area contributed by atoms with Crippen LogP contribution < -0.4 is 11.1 Å². The molecule has 112 valence electrons. The van der Waals surface area contributed by atoms with E-state index in [-0.39, 0.29) is 23.9 Å². The molecule has 0 bridgehead atoms. The summed E-state index contributed by atoms with van der Waals surface area (Å²) in [5.41, 5.74) is 6.83. The second-order valence-corrected chi connectivity index (χ2v) is 6.51. The Morgan fingerprint density at radius 1 is 1.30 bits per heavy atom. The van der Waals surface area contributed by atoms with Crippen LogP contribution in [0.1, 0.15) is 51.6 Å². The maximum atomic E-state index is 12.1. The third kappa shape index (κ3) is 6.06. The molecule has 0 saturated heterocycles. The lowest BCUT2D eigenvalue weighted by Crippen LogP contribution is -2.31. The van der Waals surface area contributed by atoms with Gasteiger partial charge in [-0.3, -0.25) is 4.79 Å². The van der Waals surface area contributed by atoms with Gasteiger partial charge in [-0.1, -0.05) is 41.4 Å². The van der Waals surface area contributed by atoms with Crippen molar-refractivity contribution in [2.24, 2.45) is 11.7 Å². The van der Waals surface area contributed by atoms with Crippen molar-refractivity contribution < 1.29 is 4.79 Å². The number of benzene rings is 1. The van der Waals surface area contributed by atoms with Gasteiger partial charge in [-0.15, -0.1) is 0 Å². The average molecular weight is 341 g/mol. The number of hydrogen-bond donors (Lipinski definition) is 2. The zero-order chi connectivity index (χ0) is 15.1. The van der Waals surface area contributed by atoms with E-state index in [1.807, 2.05) is 45.0 Å². The number of hydrogen-bond acceptors (Lipinski definition) is 2. The number of amides is 1. The Kier molecular flexibility index (Phi) is 7.24.